The normalized spacial score (nSPS) is 12.5. The Labute approximate surface area is 118 Å². The fraction of sp³-hybridized carbons (Fsp3) is 0.692. The van der Waals surface area contributed by atoms with Gasteiger partial charge in [-0.25, -0.2) is 4.98 Å². The van der Waals surface area contributed by atoms with E-state index >= 15 is 0 Å². The maximum absolute atomic E-state index is 11.2. The van der Waals surface area contributed by atoms with Crippen molar-refractivity contribution in [3.8, 4) is 0 Å². The van der Waals surface area contributed by atoms with Crippen LogP contribution in [-0.2, 0) is 14.9 Å². The highest BCUT2D eigenvalue weighted by Gasteiger charge is 2.32. The first-order valence-corrected chi connectivity index (χ1v) is 7.14. The van der Waals surface area contributed by atoms with Gasteiger partial charge in [-0.15, -0.1) is 11.3 Å². The molecule has 2 N–H and O–H groups in total. The van der Waals surface area contributed by atoms with Gasteiger partial charge in [0.15, 0.2) is 5.13 Å². The quantitative estimate of drug-likeness (QED) is 0.806. The van der Waals surface area contributed by atoms with Gasteiger partial charge in [0.2, 0.25) is 0 Å². The van der Waals surface area contributed by atoms with Gasteiger partial charge in [-0.3, -0.25) is 4.79 Å². The van der Waals surface area contributed by atoms with Crippen molar-refractivity contribution in [3.05, 3.63) is 11.1 Å². The molecular weight excluding hydrogens is 264 g/mol. The molecule has 1 rings (SSSR count). The molecule has 0 atom stereocenters. The number of carboxylic acids is 1. The molecule has 6 heteroatoms. The SMILES string of the molecule is CCOC(C)(C)CNc1nc(C(C)(C)C(=O)O)cs1. The van der Waals surface area contributed by atoms with E-state index in [2.05, 4.69) is 10.3 Å². The summed E-state index contributed by atoms with van der Waals surface area (Å²) in [6, 6.07) is 0. The number of aromatic nitrogens is 1. The summed E-state index contributed by atoms with van der Waals surface area (Å²) in [6.07, 6.45) is 0. The number of anilines is 1. The molecule has 0 spiro atoms. The number of nitrogens with zero attached hydrogens (tertiary/aromatic N) is 1. The predicted molar refractivity (Wildman–Crippen MR) is 77.0 cm³/mol. The number of hydrogen-bond donors (Lipinski definition) is 2. The number of nitrogens with one attached hydrogen (secondary N) is 1. The Bertz CT molecular complexity index is 441. The van der Waals surface area contributed by atoms with Gasteiger partial charge in [0.05, 0.1) is 11.3 Å². The summed E-state index contributed by atoms with van der Waals surface area (Å²) in [6.45, 7) is 10.5. The van der Waals surface area contributed by atoms with Crippen LogP contribution in [0.4, 0.5) is 5.13 Å². The minimum atomic E-state index is -0.966. The Kier molecular flexibility index (Phi) is 4.92. The van der Waals surface area contributed by atoms with Crippen molar-refractivity contribution in [1.82, 2.24) is 4.98 Å². The Morgan fingerprint density at radius 1 is 1.47 bits per heavy atom. The van der Waals surface area contributed by atoms with Crippen LogP contribution in [0, 0.1) is 0 Å². The molecule has 1 heterocycles. The van der Waals surface area contributed by atoms with Crippen molar-refractivity contribution in [2.75, 3.05) is 18.5 Å². The summed E-state index contributed by atoms with van der Waals surface area (Å²) in [4.78, 5) is 15.5. The van der Waals surface area contributed by atoms with E-state index in [1.807, 2.05) is 20.8 Å². The summed E-state index contributed by atoms with van der Waals surface area (Å²) in [5.74, 6) is -0.876. The monoisotopic (exact) mass is 286 g/mol. The number of rotatable bonds is 7. The standard InChI is InChI=1S/C13H22N2O3S/c1-6-18-12(2,3)8-14-11-15-9(7-19-11)13(4,5)10(16)17/h7H,6,8H2,1-5H3,(H,14,15)(H,16,17). The molecule has 19 heavy (non-hydrogen) atoms. The Hall–Kier alpha value is -1.14. The third-order valence-electron chi connectivity index (χ3n) is 2.88. The lowest BCUT2D eigenvalue weighted by molar-refractivity contribution is -0.142. The lowest BCUT2D eigenvalue weighted by atomic mass is 9.90. The fourth-order valence-electron chi connectivity index (χ4n) is 1.48. The molecule has 0 amide bonds. The number of ether oxygens (including phenoxy) is 1. The van der Waals surface area contributed by atoms with Crippen LogP contribution >= 0.6 is 11.3 Å². The van der Waals surface area contributed by atoms with Gasteiger partial charge in [0, 0.05) is 18.5 Å². The number of hydrogen-bond acceptors (Lipinski definition) is 5. The molecule has 1 aromatic heterocycles. The Balaban J connectivity index is 2.69. The molecule has 0 radical (unpaired) electrons. The molecule has 0 fully saturated rings. The highest BCUT2D eigenvalue weighted by Crippen LogP contribution is 2.27. The maximum atomic E-state index is 11.2. The number of thiazole rings is 1. The third-order valence-corrected chi connectivity index (χ3v) is 3.68. The van der Waals surface area contributed by atoms with Crippen LogP contribution in [0.3, 0.4) is 0 Å². The molecule has 0 unspecified atom stereocenters. The molecular formula is C13H22N2O3S. The van der Waals surface area contributed by atoms with E-state index in [0.29, 0.717) is 18.8 Å². The summed E-state index contributed by atoms with van der Waals surface area (Å²) < 4.78 is 5.58. The molecule has 0 aliphatic heterocycles. The first-order valence-electron chi connectivity index (χ1n) is 6.26. The molecule has 108 valence electrons. The molecule has 0 saturated carbocycles. The van der Waals surface area contributed by atoms with Crippen molar-refractivity contribution in [2.45, 2.75) is 45.6 Å². The van der Waals surface area contributed by atoms with E-state index in [1.165, 1.54) is 11.3 Å². The lowest BCUT2D eigenvalue weighted by Gasteiger charge is -2.24. The second-order valence-electron chi connectivity index (χ2n) is 5.51. The van der Waals surface area contributed by atoms with Crippen LogP contribution in [0.15, 0.2) is 5.38 Å². The average Bonchev–Trinajstić information content (AvgIpc) is 2.75. The molecule has 0 aliphatic rings. The van der Waals surface area contributed by atoms with E-state index in [9.17, 15) is 4.79 Å². The third kappa shape index (κ3) is 4.18. The number of carbonyl (C=O) groups is 1. The van der Waals surface area contributed by atoms with Crippen molar-refractivity contribution in [2.24, 2.45) is 0 Å². The summed E-state index contributed by atoms with van der Waals surface area (Å²) in [7, 11) is 0. The molecule has 0 saturated heterocycles. The Morgan fingerprint density at radius 2 is 2.11 bits per heavy atom. The Morgan fingerprint density at radius 3 is 2.63 bits per heavy atom. The summed E-state index contributed by atoms with van der Waals surface area (Å²) >= 11 is 1.41. The average molecular weight is 286 g/mol. The number of carboxylic acid groups (broad SMARTS) is 1. The minimum Gasteiger partial charge on any atom is -0.481 e. The van der Waals surface area contributed by atoms with Crippen molar-refractivity contribution >= 4 is 22.4 Å². The maximum Gasteiger partial charge on any atom is 0.315 e. The van der Waals surface area contributed by atoms with Crippen molar-refractivity contribution in [3.63, 3.8) is 0 Å². The van der Waals surface area contributed by atoms with Crippen LogP contribution in [0.1, 0.15) is 40.3 Å². The second kappa shape index (κ2) is 5.88. The first kappa shape index (κ1) is 15.9. The molecule has 5 nitrogen and oxygen atoms in total. The van der Waals surface area contributed by atoms with Crippen LogP contribution in [0.5, 0.6) is 0 Å². The van der Waals surface area contributed by atoms with Gasteiger partial charge in [0.25, 0.3) is 0 Å². The molecule has 0 aromatic carbocycles. The van der Waals surface area contributed by atoms with Gasteiger partial charge in [-0.05, 0) is 34.6 Å². The molecule has 0 aliphatic carbocycles. The van der Waals surface area contributed by atoms with E-state index in [0.717, 1.165) is 5.13 Å². The van der Waals surface area contributed by atoms with Crippen molar-refractivity contribution < 1.29 is 14.6 Å². The molecule has 1 aromatic rings. The lowest BCUT2D eigenvalue weighted by Crippen LogP contribution is -2.33. The predicted octanol–water partition coefficient (Wildman–Crippen LogP) is 2.73. The fourth-order valence-corrected chi connectivity index (χ4v) is 2.36. The van der Waals surface area contributed by atoms with E-state index in [-0.39, 0.29) is 5.60 Å². The van der Waals surface area contributed by atoms with Gasteiger partial charge in [-0.2, -0.15) is 0 Å². The minimum absolute atomic E-state index is 0.275. The van der Waals surface area contributed by atoms with E-state index in [1.54, 1.807) is 19.2 Å². The topological polar surface area (TPSA) is 71.5 Å². The first-order chi connectivity index (χ1) is 8.69. The zero-order valence-corrected chi connectivity index (χ0v) is 12.9. The zero-order valence-electron chi connectivity index (χ0n) is 12.1. The largest absolute Gasteiger partial charge is 0.481 e. The van der Waals surface area contributed by atoms with Crippen LogP contribution < -0.4 is 5.32 Å². The van der Waals surface area contributed by atoms with E-state index < -0.39 is 11.4 Å². The van der Waals surface area contributed by atoms with Gasteiger partial charge >= 0.3 is 5.97 Å². The van der Waals surface area contributed by atoms with Gasteiger partial charge < -0.3 is 15.2 Å². The van der Waals surface area contributed by atoms with Crippen molar-refractivity contribution in [1.29, 1.82) is 0 Å². The summed E-state index contributed by atoms with van der Waals surface area (Å²) in [5, 5.41) is 14.8. The van der Waals surface area contributed by atoms with E-state index in [4.69, 9.17) is 9.84 Å². The van der Waals surface area contributed by atoms with Crippen LogP contribution in [0.2, 0.25) is 0 Å². The highest BCUT2D eigenvalue weighted by atomic mass is 32.1. The molecule has 0 bridgehead atoms. The second-order valence-corrected chi connectivity index (χ2v) is 6.37. The van der Waals surface area contributed by atoms with Crippen LogP contribution in [-0.4, -0.2) is 34.8 Å². The summed E-state index contributed by atoms with van der Waals surface area (Å²) in [5.41, 5.74) is -0.670. The van der Waals surface area contributed by atoms with Crippen LogP contribution in [0.25, 0.3) is 0 Å². The smallest absolute Gasteiger partial charge is 0.315 e. The zero-order chi connectivity index (χ0) is 14.7. The number of aliphatic carboxylic acids is 1. The van der Waals surface area contributed by atoms with Gasteiger partial charge in [-0.1, -0.05) is 0 Å². The highest BCUT2D eigenvalue weighted by molar-refractivity contribution is 7.13. The van der Waals surface area contributed by atoms with Gasteiger partial charge in [0.1, 0.15) is 5.41 Å².